The van der Waals surface area contributed by atoms with Crippen LogP contribution in [-0.4, -0.2) is 9.72 Å². The Hall–Kier alpha value is -1.82. The van der Waals surface area contributed by atoms with Crippen LogP contribution in [-0.2, 0) is 10.8 Å². The molecule has 0 heterocycles. The molecular weight excluding hydrogens is 277 g/mol. The summed E-state index contributed by atoms with van der Waals surface area (Å²) in [6.07, 6.45) is 0. The van der Waals surface area contributed by atoms with E-state index in [1.807, 2.05) is 0 Å². The molecule has 1 atom stereocenters. The zero-order valence-electron chi connectivity index (χ0n) is 9.55. The number of ether oxygens (including phenoxy) is 1. The lowest BCUT2D eigenvalue weighted by Gasteiger charge is -2.12. The van der Waals surface area contributed by atoms with Gasteiger partial charge >= 0.3 is 5.51 Å². The van der Waals surface area contributed by atoms with Crippen LogP contribution in [0, 0.1) is 0 Å². The summed E-state index contributed by atoms with van der Waals surface area (Å²) in [7, 11) is -3.11. The van der Waals surface area contributed by atoms with Gasteiger partial charge in [-0.3, -0.25) is 0 Å². The Labute approximate surface area is 110 Å². The van der Waals surface area contributed by atoms with Gasteiger partial charge in [0.15, 0.2) is 10.8 Å². The highest BCUT2D eigenvalue weighted by Crippen LogP contribution is 2.34. The first kappa shape index (κ1) is 13.6. The van der Waals surface area contributed by atoms with Gasteiger partial charge in [0.1, 0.15) is 11.5 Å². The maximum atomic E-state index is 12.5. The Bertz CT molecular complexity index is 582. The summed E-state index contributed by atoms with van der Waals surface area (Å²) in [5.41, 5.74) is -4.81. The molecule has 0 amide bonds. The first-order valence-corrected chi connectivity index (χ1v) is 6.44. The predicted octanol–water partition coefficient (Wildman–Crippen LogP) is 4.11. The fourth-order valence-corrected chi connectivity index (χ4v) is 2.17. The molecule has 0 aromatic heterocycles. The molecule has 0 saturated carbocycles. The number of benzene rings is 2. The molecule has 0 spiro atoms. The second-order valence-corrected chi connectivity index (χ2v) is 5.02. The van der Waals surface area contributed by atoms with Crippen molar-refractivity contribution in [2.75, 3.05) is 0 Å². The molecule has 0 radical (unpaired) electrons. The van der Waals surface area contributed by atoms with E-state index >= 15 is 0 Å². The summed E-state index contributed by atoms with van der Waals surface area (Å²) >= 11 is 0. The van der Waals surface area contributed by atoms with Crippen LogP contribution in [0.3, 0.4) is 0 Å². The van der Waals surface area contributed by atoms with Gasteiger partial charge < -0.3 is 4.74 Å². The van der Waals surface area contributed by atoms with Crippen molar-refractivity contribution in [3.05, 3.63) is 54.6 Å². The predicted molar refractivity (Wildman–Crippen MR) is 65.4 cm³/mol. The van der Waals surface area contributed by atoms with Crippen molar-refractivity contribution >= 4 is 10.8 Å². The zero-order chi connectivity index (χ0) is 13.9. The first-order chi connectivity index (χ1) is 8.98. The molecule has 1 unspecified atom stereocenters. The lowest BCUT2D eigenvalue weighted by atomic mass is 10.3. The fraction of sp³-hybridized carbons (Fsp3) is 0.0769. The van der Waals surface area contributed by atoms with Gasteiger partial charge in [-0.1, -0.05) is 30.3 Å². The number of alkyl halides is 3. The van der Waals surface area contributed by atoms with Crippen molar-refractivity contribution in [2.45, 2.75) is 10.4 Å². The summed E-state index contributed by atoms with van der Waals surface area (Å²) in [4.78, 5) is -0.390. The lowest BCUT2D eigenvalue weighted by Crippen LogP contribution is -2.16. The summed E-state index contributed by atoms with van der Waals surface area (Å²) in [5, 5.41) is 0. The van der Waals surface area contributed by atoms with Crippen LogP contribution < -0.4 is 4.74 Å². The molecule has 0 bridgehead atoms. The van der Waals surface area contributed by atoms with Crippen LogP contribution in [0.5, 0.6) is 11.5 Å². The van der Waals surface area contributed by atoms with Crippen LogP contribution in [0.2, 0.25) is 0 Å². The minimum absolute atomic E-state index is 0.0654. The fourth-order valence-electron chi connectivity index (χ4n) is 1.43. The number of hydrogen-bond donors (Lipinski definition) is 0. The lowest BCUT2D eigenvalue weighted by molar-refractivity contribution is -0.0385. The number of rotatable bonds is 3. The van der Waals surface area contributed by atoms with Gasteiger partial charge in [0.25, 0.3) is 0 Å². The molecule has 2 nitrogen and oxygen atoms in total. The molecule has 2 aromatic rings. The molecular formula is C13H9F3O2S. The third kappa shape index (κ3) is 3.35. The standard InChI is InChI=1S/C13H9F3O2S/c14-13(15,16)19(17)12-9-5-4-8-11(12)18-10-6-2-1-3-7-10/h1-9H. The van der Waals surface area contributed by atoms with E-state index in [0.717, 1.165) is 6.07 Å². The molecule has 6 heteroatoms. The van der Waals surface area contributed by atoms with Gasteiger partial charge in [0.05, 0.1) is 4.90 Å². The zero-order valence-corrected chi connectivity index (χ0v) is 10.4. The van der Waals surface area contributed by atoms with Crippen molar-refractivity contribution in [3.63, 3.8) is 0 Å². The minimum Gasteiger partial charge on any atom is -0.456 e. The number of para-hydroxylation sites is 2. The van der Waals surface area contributed by atoms with Crippen molar-refractivity contribution in [1.82, 2.24) is 0 Å². The Morgan fingerprint density at radius 3 is 2.11 bits per heavy atom. The molecule has 2 aromatic carbocycles. The largest absolute Gasteiger partial charge is 0.475 e. The van der Waals surface area contributed by atoms with Gasteiger partial charge in [0.2, 0.25) is 0 Å². The van der Waals surface area contributed by atoms with Gasteiger partial charge in [-0.05, 0) is 24.3 Å². The Kier molecular flexibility index (Phi) is 3.90. The van der Waals surface area contributed by atoms with Crippen molar-refractivity contribution in [2.24, 2.45) is 0 Å². The highest BCUT2D eigenvalue weighted by Gasteiger charge is 2.39. The van der Waals surface area contributed by atoms with Gasteiger partial charge in [-0.25, -0.2) is 4.21 Å². The molecule has 19 heavy (non-hydrogen) atoms. The highest BCUT2D eigenvalue weighted by atomic mass is 32.2. The van der Waals surface area contributed by atoms with E-state index in [2.05, 4.69) is 0 Å². The van der Waals surface area contributed by atoms with Crippen LogP contribution in [0.25, 0.3) is 0 Å². The first-order valence-electron chi connectivity index (χ1n) is 5.29. The molecule has 0 aliphatic carbocycles. The number of hydrogen-bond acceptors (Lipinski definition) is 2. The maximum Gasteiger partial charge on any atom is 0.475 e. The van der Waals surface area contributed by atoms with Crippen LogP contribution in [0.15, 0.2) is 59.5 Å². The second kappa shape index (κ2) is 5.44. The van der Waals surface area contributed by atoms with Crippen molar-refractivity contribution < 1.29 is 22.1 Å². The van der Waals surface area contributed by atoms with Gasteiger partial charge in [0, 0.05) is 0 Å². The van der Waals surface area contributed by atoms with Crippen LogP contribution >= 0.6 is 0 Å². The molecule has 0 saturated heterocycles. The van der Waals surface area contributed by atoms with Gasteiger partial charge in [-0.15, -0.1) is 0 Å². The van der Waals surface area contributed by atoms with Crippen LogP contribution in [0.1, 0.15) is 0 Å². The SMILES string of the molecule is O=S(c1ccccc1Oc1ccccc1)C(F)(F)F. The molecule has 0 fully saturated rings. The summed E-state index contributed by atoms with van der Waals surface area (Å²) in [6.45, 7) is 0. The molecule has 0 aliphatic rings. The Morgan fingerprint density at radius 2 is 1.47 bits per heavy atom. The maximum absolute atomic E-state index is 12.5. The minimum atomic E-state index is -4.81. The summed E-state index contributed by atoms with van der Waals surface area (Å²) < 4.78 is 54.2. The molecule has 0 N–H and O–H groups in total. The quantitative estimate of drug-likeness (QED) is 0.849. The average molecular weight is 286 g/mol. The third-order valence-corrected chi connectivity index (χ3v) is 3.39. The molecule has 0 aliphatic heterocycles. The highest BCUT2D eigenvalue weighted by molar-refractivity contribution is 7.86. The van der Waals surface area contributed by atoms with E-state index in [0.29, 0.717) is 5.75 Å². The average Bonchev–Trinajstić information content (AvgIpc) is 2.39. The third-order valence-electron chi connectivity index (χ3n) is 2.23. The second-order valence-electron chi connectivity index (χ2n) is 3.58. The van der Waals surface area contributed by atoms with E-state index in [1.54, 1.807) is 30.3 Å². The summed E-state index contributed by atoms with van der Waals surface area (Å²) in [5.74, 6) is 0.318. The van der Waals surface area contributed by atoms with E-state index in [1.165, 1.54) is 18.2 Å². The van der Waals surface area contributed by atoms with Crippen molar-refractivity contribution in [1.29, 1.82) is 0 Å². The number of halogens is 3. The monoisotopic (exact) mass is 286 g/mol. The smallest absolute Gasteiger partial charge is 0.456 e. The van der Waals surface area contributed by atoms with Crippen molar-refractivity contribution in [3.8, 4) is 11.5 Å². The Balaban J connectivity index is 2.35. The molecule has 100 valence electrons. The molecule has 2 rings (SSSR count). The topological polar surface area (TPSA) is 26.3 Å². The summed E-state index contributed by atoms with van der Waals surface area (Å²) in [6, 6.07) is 13.8. The van der Waals surface area contributed by atoms with E-state index in [9.17, 15) is 17.4 Å². The normalized spacial score (nSPS) is 13.0. The van der Waals surface area contributed by atoms with Crippen LogP contribution in [0.4, 0.5) is 13.2 Å². The Morgan fingerprint density at radius 1 is 0.895 bits per heavy atom. The van der Waals surface area contributed by atoms with E-state index in [-0.39, 0.29) is 10.6 Å². The van der Waals surface area contributed by atoms with Gasteiger partial charge in [-0.2, -0.15) is 13.2 Å². The van der Waals surface area contributed by atoms with E-state index in [4.69, 9.17) is 4.74 Å². The van der Waals surface area contributed by atoms with E-state index < -0.39 is 16.3 Å².